The summed E-state index contributed by atoms with van der Waals surface area (Å²) in [7, 11) is 0. The van der Waals surface area contributed by atoms with Gasteiger partial charge in [-0.05, 0) is 49.4 Å². The first-order valence-electron chi connectivity index (χ1n) is 8.55. The molecule has 1 saturated heterocycles. The fourth-order valence-electron chi connectivity index (χ4n) is 3.13. The van der Waals surface area contributed by atoms with Crippen LogP contribution in [0.5, 0.6) is 5.75 Å². The van der Waals surface area contributed by atoms with Crippen molar-refractivity contribution in [3.05, 3.63) is 65.7 Å². The number of nitrogens with zero attached hydrogens (tertiary/aromatic N) is 1. The Morgan fingerprint density at radius 2 is 1.84 bits per heavy atom. The number of piperidine rings is 1. The topological polar surface area (TPSA) is 29.5 Å². The SMILES string of the molecule is O=C(c1ccccc1F)N1CCC(CCOc2cccc(F)c2)CC1. The van der Waals surface area contributed by atoms with Crippen molar-refractivity contribution in [1.29, 1.82) is 0 Å². The maximum absolute atomic E-state index is 13.7. The summed E-state index contributed by atoms with van der Waals surface area (Å²) in [5, 5.41) is 0. The van der Waals surface area contributed by atoms with Crippen LogP contribution < -0.4 is 4.74 Å². The Labute approximate surface area is 146 Å². The molecule has 0 spiro atoms. The maximum Gasteiger partial charge on any atom is 0.256 e. The number of rotatable bonds is 5. The minimum Gasteiger partial charge on any atom is -0.493 e. The summed E-state index contributed by atoms with van der Waals surface area (Å²) in [5.74, 6) is -0.0338. The van der Waals surface area contributed by atoms with Crippen molar-refractivity contribution in [3.63, 3.8) is 0 Å². The van der Waals surface area contributed by atoms with E-state index in [9.17, 15) is 13.6 Å². The second-order valence-corrected chi connectivity index (χ2v) is 6.31. The summed E-state index contributed by atoms with van der Waals surface area (Å²) in [6.45, 7) is 1.77. The summed E-state index contributed by atoms with van der Waals surface area (Å²) in [6, 6.07) is 12.2. The highest BCUT2D eigenvalue weighted by Gasteiger charge is 2.25. The fourth-order valence-corrected chi connectivity index (χ4v) is 3.13. The number of hydrogen-bond donors (Lipinski definition) is 0. The van der Waals surface area contributed by atoms with Crippen molar-refractivity contribution in [1.82, 2.24) is 4.90 Å². The molecule has 0 unspecified atom stereocenters. The summed E-state index contributed by atoms with van der Waals surface area (Å²) in [5.41, 5.74) is 0.135. The molecule has 0 atom stereocenters. The van der Waals surface area contributed by atoms with Crippen molar-refractivity contribution in [2.45, 2.75) is 19.3 Å². The lowest BCUT2D eigenvalue weighted by Crippen LogP contribution is -2.39. The molecule has 5 heteroatoms. The van der Waals surface area contributed by atoms with Crippen LogP contribution in [0.1, 0.15) is 29.6 Å². The highest BCUT2D eigenvalue weighted by molar-refractivity contribution is 5.94. The molecule has 0 bridgehead atoms. The number of carbonyl (C=O) groups excluding carboxylic acids is 1. The van der Waals surface area contributed by atoms with Crippen molar-refractivity contribution < 1.29 is 18.3 Å². The summed E-state index contributed by atoms with van der Waals surface area (Å²) >= 11 is 0. The first-order valence-corrected chi connectivity index (χ1v) is 8.55. The Balaban J connectivity index is 1.44. The van der Waals surface area contributed by atoms with Crippen molar-refractivity contribution in [3.8, 4) is 5.75 Å². The summed E-state index contributed by atoms with van der Waals surface area (Å²) < 4.78 is 32.4. The predicted molar refractivity (Wildman–Crippen MR) is 91.5 cm³/mol. The van der Waals surface area contributed by atoms with Gasteiger partial charge in [-0.3, -0.25) is 4.79 Å². The number of halogens is 2. The first kappa shape index (κ1) is 17.4. The first-order chi connectivity index (χ1) is 12.1. The quantitative estimate of drug-likeness (QED) is 0.809. The molecule has 1 amide bonds. The van der Waals surface area contributed by atoms with Gasteiger partial charge < -0.3 is 9.64 Å². The van der Waals surface area contributed by atoms with Crippen LogP contribution in [0.25, 0.3) is 0 Å². The van der Waals surface area contributed by atoms with E-state index < -0.39 is 5.82 Å². The van der Waals surface area contributed by atoms with E-state index in [1.54, 1.807) is 29.2 Å². The van der Waals surface area contributed by atoms with Crippen LogP contribution in [-0.4, -0.2) is 30.5 Å². The van der Waals surface area contributed by atoms with Crippen LogP contribution in [0.3, 0.4) is 0 Å². The van der Waals surface area contributed by atoms with Gasteiger partial charge in [0.05, 0.1) is 12.2 Å². The smallest absolute Gasteiger partial charge is 0.256 e. The minimum absolute atomic E-state index is 0.135. The van der Waals surface area contributed by atoms with Gasteiger partial charge in [0, 0.05) is 19.2 Å². The van der Waals surface area contributed by atoms with E-state index in [1.165, 1.54) is 24.3 Å². The van der Waals surface area contributed by atoms with Gasteiger partial charge in [-0.15, -0.1) is 0 Å². The van der Waals surface area contributed by atoms with Gasteiger partial charge >= 0.3 is 0 Å². The zero-order valence-corrected chi connectivity index (χ0v) is 14.0. The lowest BCUT2D eigenvalue weighted by atomic mass is 9.93. The molecule has 2 aromatic rings. The third-order valence-electron chi connectivity index (χ3n) is 4.60. The largest absolute Gasteiger partial charge is 0.493 e. The molecule has 0 aliphatic carbocycles. The average Bonchev–Trinajstić information content (AvgIpc) is 2.62. The molecule has 0 N–H and O–H groups in total. The molecule has 1 fully saturated rings. The lowest BCUT2D eigenvalue weighted by molar-refractivity contribution is 0.0675. The third kappa shape index (κ3) is 4.56. The molecule has 0 saturated carbocycles. The fraction of sp³-hybridized carbons (Fsp3) is 0.350. The molecular formula is C20H21F2NO2. The molecule has 132 valence electrons. The van der Waals surface area contributed by atoms with Crippen molar-refractivity contribution in [2.75, 3.05) is 19.7 Å². The van der Waals surface area contributed by atoms with Gasteiger partial charge in [0.25, 0.3) is 5.91 Å². The zero-order chi connectivity index (χ0) is 17.6. The van der Waals surface area contributed by atoms with E-state index in [-0.39, 0.29) is 17.3 Å². The number of benzene rings is 2. The monoisotopic (exact) mass is 345 g/mol. The number of likely N-dealkylation sites (tertiary alicyclic amines) is 1. The second-order valence-electron chi connectivity index (χ2n) is 6.31. The van der Waals surface area contributed by atoms with E-state index in [4.69, 9.17) is 4.74 Å². The van der Waals surface area contributed by atoms with Gasteiger partial charge in [-0.1, -0.05) is 18.2 Å². The van der Waals surface area contributed by atoms with Gasteiger partial charge in [0.1, 0.15) is 17.4 Å². The number of amides is 1. The average molecular weight is 345 g/mol. The highest BCUT2D eigenvalue weighted by atomic mass is 19.1. The highest BCUT2D eigenvalue weighted by Crippen LogP contribution is 2.23. The Bertz CT molecular complexity index is 727. The number of hydrogen-bond acceptors (Lipinski definition) is 2. The Kier molecular flexibility index (Phi) is 5.64. The zero-order valence-electron chi connectivity index (χ0n) is 14.0. The maximum atomic E-state index is 13.7. The Morgan fingerprint density at radius 3 is 2.56 bits per heavy atom. The van der Waals surface area contributed by atoms with E-state index in [1.807, 2.05) is 0 Å². The third-order valence-corrected chi connectivity index (χ3v) is 4.60. The number of carbonyl (C=O) groups is 1. The van der Waals surface area contributed by atoms with Crippen LogP contribution in [0, 0.1) is 17.6 Å². The van der Waals surface area contributed by atoms with E-state index in [0.29, 0.717) is 31.4 Å². The minimum atomic E-state index is -0.474. The normalized spacial score (nSPS) is 15.2. The van der Waals surface area contributed by atoms with Gasteiger partial charge in [0.2, 0.25) is 0 Å². The van der Waals surface area contributed by atoms with Crippen LogP contribution in [-0.2, 0) is 0 Å². The van der Waals surface area contributed by atoms with Gasteiger partial charge in [-0.2, -0.15) is 0 Å². The lowest BCUT2D eigenvalue weighted by Gasteiger charge is -2.32. The van der Waals surface area contributed by atoms with Crippen molar-refractivity contribution in [2.24, 2.45) is 5.92 Å². The standard InChI is InChI=1S/C20H21F2NO2/c21-16-4-3-5-17(14-16)25-13-10-15-8-11-23(12-9-15)20(24)18-6-1-2-7-19(18)22/h1-7,14-15H,8-13H2. The Hall–Kier alpha value is -2.43. The molecule has 25 heavy (non-hydrogen) atoms. The van der Waals surface area contributed by atoms with E-state index in [2.05, 4.69) is 0 Å². The molecular weight excluding hydrogens is 324 g/mol. The summed E-state index contributed by atoms with van der Waals surface area (Å²) in [4.78, 5) is 14.1. The van der Waals surface area contributed by atoms with Crippen LogP contribution in [0.2, 0.25) is 0 Å². The molecule has 2 aromatic carbocycles. The Morgan fingerprint density at radius 1 is 1.08 bits per heavy atom. The molecule has 3 rings (SSSR count). The molecule has 1 heterocycles. The van der Waals surface area contributed by atoms with Crippen LogP contribution >= 0.6 is 0 Å². The van der Waals surface area contributed by atoms with E-state index >= 15 is 0 Å². The molecule has 1 aliphatic heterocycles. The predicted octanol–water partition coefficient (Wildman–Crippen LogP) is 4.29. The van der Waals surface area contributed by atoms with Crippen LogP contribution in [0.4, 0.5) is 8.78 Å². The van der Waals surface area contributed by atoms with Crippen molar-refractivity contribution >= 4 is 5.91 Å². The second kappa shape index (κ2) is 8.10. The van der Waals surface area contributed by atoms with Gasteiger partial charge in [0.15, 0.2) is 0 Å². The molecule has 0 radical (unpaired) electrons. The molecule has 0 aromatic heterocycles. The summed E-state index contributed by atoms with van der Waals surface area (Å²) in [6.07, 6.45) is 2.59. The van der Waals surface area contributed by atoms with Gasteiger partial charge in [-0.25, -0.2) is 8.78 Å². The van der Waals surface area contributed by atoms with E-state index in [0.717, 1.165) is 19.3 Å². The number of ether oxygens (including phenoxy) is 1. The molecule has 3 nitrogen and oxygen atoms in total. The van der Waals surface area contributed by atoms with Crippen LogP contribution in [0.15, 0.2) is 48.5 Å². The molecule has 1 aliphatic rings.